The number of nitrogens with zero attached hydrogens (tertiary/aromatic N) is 8. The number of hydrogen-bond acceptors (Lipinski definition) is 12. The van der Waals surface area contributed by atoms with Crippen molar-refractivity contribution in [3.63, 3.8) is 0 Å². The Morgan fingerprint density at radius 1 is 0.618 bits per heavy atom. The van der Waals surface area contributed by atoms with E-state index in [0.717, 1.165) is 32.3 Å². The second-order valence-corrected chi connectivity index (χ2v) is 20.4. The predicted octanol–water partition coefficient (Wildman–Crippen LogP) is 7.16. The summed E-state index contributed by atoms with van der Waals surface area (Å²) >= 11 is 29.0. The van der Waals surface area contributed by atoms with Gasteiger partial charge in [0.25, 0.3) is 11.1 Å². The fourth-order valence-corrected chi connectivity index (χ4v) is 8.59. The zero-order chi connectivity index (χ0) is 50.9. The summed E-state index contributed by atoms with van der Waals surface area (Å²) < 4.78 is 15.1. The van der Waals surface area contributed by atoms with Gasteiger partial charge in [-0.05, 0) is 108 Å². The van der Waals surface area contributed by atoms with Crippen LogP contribution in [0.1, 0.15) is 119 Å². The molecule has 2 aromatic heterocycles. The molecule has 2 amide bonds. The van der Waals surface area contributed by atoms with Gasteiger partial charge in [0.15, 0.2) is 16.2 Å². The quantitative estimate of drug-likeness (QED) is 0.129. The number of Topliss-reactive ketones (excluding diaryl/α,β-unsaturated/α-hetero) is 2. The summed E-state index contributed by atoms with van der Waals surface area (Å²) in [6, 6.07) is 10.5. The van der Waals surface area contributed by atoms with Gasteiger partial charge >= 0.3 is 7.12 Å². The van der Waals surface area contributed by atoms with Gasteiger partial charge in [0, 0.05) is 77.8 Å². The Kier molecular flexibility index (Phi) is 17.3. The first-order valence-electron chi connectivity index (χ1n) is 21.4. The van der Waals surface area contributed by atoms with Crippen molar-refractivity contribution in [1.29, 1.82) is 0 Å². The monoisotopic (exact) mass is 1070 g/mol. The van der Waals surface area contributed by atoms with Crippen molar-refractivity contribution < 1.29 is 28.5 Å². The van der Waals surface area contributed by atoms with Crippen molar-refractivity contribution in [2.45, 2.75) is 104 Å². The van der Waals surface area contributed by atoms with Gasteiger partial charge in [-0.25, -0.2) is 19.4 Å². The van der Waals surface area contributed by atoms with Crippen molar-refractivity contribution >= 4 is 109 Å². The fourth-order valence-electron chi connectivity index (χ4n) is 6.95. The number of benzene rings is 2. The highest BCUT2D eigenvalue weighted by molar-refractivity contribution is 9.19. The molecular formula is C46H52BBrCl4N8O8. The lowest BCUT2D eigenvalue weighted by Gasteiger charge is -2.32. The SMILES string of the molecule is CC(C)c1cc(Cc2c(Cl)cc(B3OC(C)(C)C(C)(C)O3)cc2Cl)nn(C)c1=O.CC(C)c1cc(Cc2c(Cl)cc(C3=NN(C)C(=O)CC3=O)cc2Cl)nn(C)c1=O.CN1N=C(Br)C(=O)CC1=O. The molecule has 3 aliphatic heterocycles. The second kappa shape index (κ2) is 21.6. The van der Waals surface area contributed by atoms with Gasteiger partial charge in [-0.2, -0.15) is 20.4 Å². The Labute approximate surface area is 423 Å². The largest absolute Gasteiger partial charge is 0.494 e. The number of carbonyl (C=O) groups excluding carboxylic acids is 4. The van der Waals surface area contributed by atoms with Crippen LogP contribution in [0.2, 0.25) is 20.1 Å². The minimum atomic E-state index is -0.535. The Morgan fingerprint density at radius 3 is 1.40 bits per heavy atom. The molecule has 0 spiro atoms. The van der Waals surface area contributed by atoms with Crippen LogP contribution in [0.15, 0.2) is 56.2 Å². The Bertz CT molecular complexity index is 2820. The molecule has 68 heavy (non-hydrogen) atoms. The Balaban J connectivity index is 0.000000211. The molecule has 7 rings (SSSR count). The first kappa shape index (κ1) is 54.4. The highest BCUT2D eigenvalue weighted by Crippen LogP contribution is 2.37. The number of hydrogen-bond donors (Lipinski definition) is 0. The molecule has 1 saturated heterocycles. The summed E-state index contributed by atoms with van der Waals surface area (Å²) in [5.74, 6) is -1.12. The van der Waals surface area contributed by atoms with Gasteiger partial charge in [-0.15, -0.1) is 0 Å². The van der Waals surface area contributed by atoms with Crippen LogP contribution in [-0.2, 0) is 55.4 Å². The number of aryl methyl sites for hydroxylation is 2. The molecule has 22 heteroatoms. The van der Waals surface area contributed by atoms with E-state index in [1.165, 1.54) is 23.5 Å². The van der Waals surface area contributed by atoms with E-state index in [-0.39, 0.29) is 69.5 Å². The van der Waals surface area contributed by atoms with Crippen molar-refractivity contribution in [3.05, 3.63) is 116 Å². The van der Waals surface area contributed by atoms with E-state index in [1.54, 1.807) is 32.3 Å². The van der Waals surface area contributed by atoms with E-state index in [2.05, 4.69) is 36.3 Å². The Hall–Kier alpha value is -4.56. The lowest BCUT2D eigenvalue weighted by atomic mass is 9.78. The molecule has 3 aliphatic rings. The van der Waals surface area contributed by atoms with Gasteiger partial charge in [0.2, 0.25) is 11.8 Å². The molecule has 0 radical (unpaired) electrons. The fraction of sp³-hybridized carbons (Fsp3) is 0.435. The van der Waals surface area contributed by atoms with E-state index in [0.29, 0.717) is 55.3 Å². The molecular weight excluding hydrogens is 1030 g/mol. The summed E-state index contributed by atoms with van der Waals surface area (Å²) in [4.78, 5) is 69.8. The van der Waals surface area contributed by atoms with E-state index in [4.69, 9.17) is 55.7 Å². The highest BCUT2D eigenvalue weighted by atomic mass is 79.9. The Morgan fingerprint density at radius 2 is 1.00 bits per heavy atom. The second-order valence-electron chi connectivity index (χ2n) is 18.0. The maximum absolute atomic E-state index is 12.3. The topological polar surface area (TPSA) is 188 Å². The van der Waals surface area contributed by atoms with Crippen LogP contribution in [-0.4, -0.2) is 95.7 Å². The number of amides is 2. The van der Waals surface area contributed by atoms with Gasteiger partial charge in [0.1, 0.15) is 5.71 Å². The van der Waals surface area contributed by atoms with Crippen LogP contribution in [0.5, 0.6) is 0 Å². The van der Waals surface area contributed by atoms with Crippen molar-refractivity contribution in [2.75, 3.05) is 14.1 Å². The molecule has 0 atom stereocenters. The van der Waals surface area contributed by atoms with Gasteiger partial charge in [-0.1, -0.05) is 74.1 Å². The molecule has 0 unspecified atom stereocenters. The highest BCUT2D eigenvalue weighted by Gasteiger charge is 2.52. The number of carbonyl (C=O) groups is 4. The maximum atomic E-state index is 12.3. The molecule has 1 fully saturated rings. The summed E-state index contributed by atoms with van der Waals surface area (Å²) in [7, 11) is 5.73. The van der Waals surface area contributed by atoms with Gasteiger partial charge < -0.3 is 9.31 Å². The van der Waals surface area contributed by atoms with Crippen molar-refractivity contribution in [3.8, 4) is 0 Å². The molecule has 5 heterocycles. The lowest BCUT2D eigenvalue weighted by molar-refractivity contribution is -0.135. The first-order chi connectivity index (χ1) is 31.5. The molecule has 0 N–H and O–H groups in total. The first-order valence-corrected chi connectivity index (χ1v) is 23.7. The van der Waals surface area contributed by atoms with Crippen molar-refractivity contribution in [2.24, 2.45) is 24.3 Å². The third kappa shape index (κ3) is 12.4. The van der Waals surface area contributed by atoms with Crippen LogP contribution in [0.3, 0.4) is 0 Å². The molecule has 0 bridgehead atoms. The van der Waals surface area contributed by atoms with Gasteiger partial charge in [-0.3, -0.25) is 28.8 Å². The third-order valence-corrected chi connectivity index (χ3v) is 13.6. The average molecular weight is 1080 g/mol. The summed E-state index contributed by atoms with van der Waals surface area (Å²) in [6.45, 7) is 15.9. The van der Waals surface area contributed by atoms with E-state index in [1.807, 2.05) is 73.6 Å². The number of ketones is 2. The summed E-state index contributed by atoms with van der Waals surface area (Å²) in [5, 5.41) is 20.3. The minimum absolute atomic E-state index is 0.0544. The number of hydrazone groups is 2. The van der Waals surface area contributed by atoms with Crippen LogP contribution in [0, 0.1) is 0 Å². The van der Waals surface area contributed by atoms with Crippen molar-refractivity contribution in [1.82, 2.24) is 29.6 Å². The van der Waals surface area contributed by atoms with E-state index < -0.39 is 18.3 Å². The third-order valence-electron chi connectivity index (χ3n) is 11.7. The summed E-state index contributed by atoms with van der Waals surface area (Å²) in [5.41, 5.74) is 4.43. The van der Waals surface area contributed by atoms with Gasteiger partial charge in [0.05, 0.1) is 35.4 Å². The number of halogens is 5. The van der Waals surface area contributed by atoms with Crippen LogP contribution in [0.25, 0.3) is 0 Å². The zero-order valence-corrected chi connectivity index (χ0v) is 44.4. The summed E-state index contributed by atoms with van der Waals surface area (Å²) in [6.07, 6.45) is 0.423. The normalized spacial score (nSPS) is 16.7. The van der Waals surface area contributed by atoms with Crippen LogP contribution >= 0.6 is 62.3 Å². The molecule has 0 saturated carbocycles. The minimum Gasteiger partial charge on any atom is -0.399 e. The van der Waals surface area contributed by atoms with Crippen LogP contribution in [0.4, 0.5) is 0 Å². The van der Waals surface area contributed by atoms with Crippen LogP contribution < -0.4 is 16.6 Å². The number of aromatic nitrogens is 4. The number of rotatable bonds is 8. The lowest BCUT2D eigenvalue weighted by Crippen LogP contribution is -2.41. The van der Waals surface area contributed by atoms with E-state index >= 15 is 0 Å². The predicted molar refractivity (Wildman–Crippen MR) is 269 cm³/mol. The maximum Gasteiger partial charge on any atom is 0.494 e. The molecule has 16 nitrogen and oxygen atoms in total. The van der Waals surface area contributed by atoms with E-state index in [9.17, 15) is 28.8 Å². The zero-order valence-electron chi connectivity index (χ0n) is 39.8. The molecule has 4 aromatic rings. The molecule has 0 aliphatic carbocycles. The average Bonchev–Trinajstić information content (AvgIpc) is 3.46. The smallest absolute Gasteiger partial charge is 0.399 e. The molecule has 2 aromatic carbocycles. The molecule has 362 valence electrons. The standard InChI is InChI=1S/C21H27BCl2N2O3.C20H20Cl2N4O3.C5H5BrN2O2/c1-12(2)15-10-14(25-26(7)19(15)27)11-16-17(23)8-13(9-18(16)24)22-28-20(3,4)21(5,6)29-22;1-10(2)13-7-12(23-26(4)20(13)29)8-14-15(21)5-11(6-16(14)22)19-17(27)9-18(28)25(3)24-19;1-8-4(10)2-3(9)5(6)7-8/h8-10,12H,11H2,1-7H3;5-7,10H,8-9H2,1-4H3;2H2,1H3.